The number of hydrogen-bond donors (Lipinski definition) is 1. The Morgan fingerprint density at radius 1 is 1.22 bits per heavy atom. The Morgan fingerprint density at radius 3 is 2.59 bits per heavy atom. The topological polar surface area (TPSA) is 58.6 Å². The van der Waals surface area contributed by atoms with Crippen molar-refractivity contribution >= 4 is 23.2 Å². The molecule has 2 aromatic rings. The van der Waals surface area contributed by atoms with Gasteiger partial charge in [-0.1, -0.05) is 17.7 Å². The van der Waals surface area contributed by atoms with Crippen LogP contribution in [0.1, 0.15) is 26.3 Å². The summed E-state index contributed by atoms with van der Waals surface area (Å²) in [5.41, 5.74) is 2.81. The summed E-state index contributed by atoms with van der Waals surface area (Å²) in [7, 11) is 0. The smallest absolute Gasteiger partial charge is 0.268 e. The fourth-order valence-corrected chi connectivity index (χ4v) is 2.86. The number of fused-ring (bicyclic) bond motifs is 1. The molecule has 0 radical (unpaired) electrons. The van der Waals surface area contributed by atoms with Crippen LogP contribution in [0.4, 0.5) is 15.8 Å². The summed E-state index contributed by atoms with van der Waals surface area (Å²) >= 11 is 0. The van der Waals surface area contributed by atoms with Gasteiger partial charge in [0.25, 0.3) is 5.91 Å². The molecular weight excluding hydrogens is 347 g/mol. The quantitative estimate of drug-likeness (QED) is 0.829. The molecule has 1 aliphatic heterocycles. The molecule has 27 heavy (non-hydrogen) atoms. The molecule has 0 aromatic heterocycles. The van der Waals surface area contributed by atoms with Crippen molar-refractivity contribution in [2.24, 2.45) is 0 Å². The van der Waals surface area contributed by atoms with Crippen LogP contribution < -0.4 is 15.0 Å². The van der Waals surface area contributed by atoms with E-state index in [1.807, 2.05) is 13.8 Å². The molecular formula is C21H21FN2O3. The van der Waals surface area contributed by atoms with Crippen molar-refractivity contribution in [3.8, 4) is 5.75 Å². The third-order valence-electron chi connectivity index (χ3n) is 4.11. The van der Waals surface area contributed by atoms with Gasteiger partial charge in [-0.25, -0.2) is 4.39 Å². The van der Waals surface area contributed by atoms with E-state index in [2.05, 4.69) is 5.32 Å². The first-order valence-corrected chi connectivity index (χ1v) is 8.66. The molecule has 1 N–H and O–H groups in total. The average Bonchev–Trinajstić information content (AvgIpc) is 2.60. The molecule has 5 nitrogen and oxygen atoms in total. The fourth-order valence-electron chi connectivity index (χ4n) is 2.86. The molecule has 0 saturated heterocycles. The number of carbonyl (C=O) groups is 2. The van der Waals surface area contributed by atoms with Crippen LogP contribution >= 0.6 is 0 Å². The summed E-state index contributed by atoms with van der Waals surface area (Å²) in [6.45, 7) is 5.65. The average molecular weight is 368 g/mol. The van der Waals surface area contributed by atoms with E-state index >= 15 is 0 Å². The number of amides is 2. The maximum absolute atomic E-state index is 13.2. The van der Waals surface area contributed by atoms with Gasteiger partial charge in [0.2, 0.25) is 5.91 Å². The van der Waals surface area contributed by atoms with Gasteiger partial charge in [0.05, 0.1) is 12.2 Å². The lowest BCUT2D eigenvalue weighted by Gasteiger charge is -2.33. The van der Waals surface area contributed by atoms with E-state index in [9.17, 15) is 14.0 Å². The lowest BCUT2D eigenvalue weighted by molar-refractivity contribution is -0.125. The van der Waals surface area contributed by atoms with Gasteiger partial charge < -0.3 is 15.0 Å². The minimum atomic E-state index is -0.621. The summed E-state index contributed by atoms with van der Waals surface area (Å²) in [5.74, 6) is -0.203. The van der Waals surface area contributed by atoms with Crippen molar-refractivity contribution in [1.82, 2.24) is 0 Å². The van der Waals surface area contributed by atoms with Crippen LogP contribution in [0, 0.1) is 5.82 Å². The Labute approximate surface area is 157 Å². The number of nitrogens with zero attached hydrogens (tertiary/aromatic N) is 1. The fraction of sp³-hybridized carbons (Fsp3) is 0.238. The Balaban J connectivity index is 1.92. The van der Waals surface area contributed by atoms with Gasteiger partial charge in [0.1, 0.15) is 11.6 Å². The van der Waals surface area contributed by atoms with Crippen molar-refractivity contribution in [1.29, 1.82) is 0 Å². The highest BCUT2D eigenvalue weighted by Gasteiger charge is 2.31. The lowest BCUT2D eigenvalue weighted by atomic mass is 10.1. The Bertz CT molecular complexity index is 902. The van der Waals surface area contributed by atoms with Crippen molar-refractivity contribution in [3.63, 3.8) is 0 Å². The first-order valence-electron chi connectivity index (χ1n) is 8.66. The normalized spacial score (nSPS) is 15.6. The monoisotopic (exact) mass is 368 g/mol. The van der Waals surface area contributed by atoms with Crippen molar-refractivity contribution in [2.75, 3.05) is 10.2 Å². The second-order valence-electron chi connectivity index (χ2n) is 6.70. The summed E-state index contributed by atoms with van der Waals surface area (Å²) in [5, 5.41) is 2.78. The van der Waals surface area contributed by atoms with Crippen LogP contribution in [0.3, 0.4) is 0 Å². The maximum atomic E-state index is 13.2. The molecule has 2 aromatic carbocycles. The van der Waals surface area contributed by atoms with Gasteiger partial charge in [0.15, 0.2) is 6.10 Å². The molecule has 1 aliphatic rings. The van der Waals surface area contributed by atoms with Gasteiger partial charge in [-0.3, -0.25) is 9.59 Å². The van der Waals surface area contributed by atoms with Crippen LogP contribution in [-0.4, -0.2) is 17.9 Å². The number of halogens is 1. The highest BCUT2D eigenvalue weighted by molar-refractivity contribution is 6.03. The first kappa shape index (κ1) is 18.6. The predicted octanol–water partition coefficient (Wildman–Crippen LogP) is 4.04. The van der Waals surface area contributed by atoms with E-state index in [1.165, 1.54) is 18.2 Å². The van der Waals surface area contributed by atoms with Crippen molar-refractivity contribution in [3.05, 3.63) is 65.5 Å². The zero-order chi connectivity index (χ0) is 19.6. The van der Waals surface area contributed by atoms with Gasteiger partial charge in [-0.05, 0) is 56.7 Å². The minimum Gasteiger partial charge on any atom is -0.479 e. The molecule has 6 heteroatoms. The number of allylic oxidation sites excluding steroid dienone is 1. The minimum absolute atomic E-state index is 0.195. The van der Waals surface area contributed by atoms with Crippen molar-refractivity contribution < 1.29 is 18.7 Å². The van der Waals surface area contributed by atoms with Crippen LogP contribution in [0.15, 0.2) is 54.1 Å². The maximum Gasteiger partial charge on any atom is 0.268 e. The largest absolute Gasteiger partial charge is 0.479 e. The molecule has 0 aliphatic carbocycles. The van der Waals surface area contributed by atoms with E-state index in [0.717, 1.165) is 11.1 Å². The number of anilines is 2. The molecule has 1 heterocycles. The van der Waals surface area contributed by atoms with Crippen LogP contribution in [0.5, 0.6) is 5.75 Å². The number of hydrogen-bond acceptors (Lipinski definition) is 3. The van der Waals surface area contributed by atoms with Gasteiger partial charge in [-0.2, -0.15) is 0 Å². The second kappa shape index (κ2) is 7.61. The third kappa shape index (κ3) is 4.34. The molecule has 0 bridgehead atoms. The number of benzene rings is 2. The molecule has 0 fully saturated rings. The van der Waals surface area contributed by atoms with E-state index in [4.69, 9.17) is 4.74 Å². The summed E-state index contributed by atoms with van der Waals surface area (Å²) in [4.78, 5) is 26.2. The van der Waals surface area contributed by atoms with Gasteiger partial charge in [0, 0.05) is 11.8 Å². The molecule has 1 atom stereocenters. The molecule has 1 unspecified atom stereocenters. The van der Waals surface area contributed by atoms with Crippen LogP contribution in [-0.2, 0) is 16.1 Å². The lowest BCUT2D eigenvalue weighted by Crippen LogP contribution is -2.44. The number of nitrogens with one attached hydrogen (secondary N) is 1. The zero-order valence-corrected chi connectivity index (χ0v) is 15.5. The summed E-state index contributed by atoms with van der Waals surface area (Å²) in [6, 6.07) is 11.2. The summed E-state index contributed by atoms with van der Waals surface area (Å²) in [6.07, 6.45) is 0.878. The zero-order valence-electron chi connectivity index (χ0n) is 15.5. The van der Waals surface area contributed by atoms with Crippen LogP contribution in [0.25, 0.3) is 0 Å². The van der Waals surface area contributed by atoms with Crippen molar-refractivity contribution in [2.45, 2.75) is 33.4 Å². The standard InChI is InChI=1S/C21H21FN2O3/c1-13(2)10-20(25)23-17-8-9-19-18(11-17)24(21(26)14(3)27-19)12-15-4-6-16(22)7-5-15/h4-11,14H,12H2,1-3H3,(H,23,25). The Hall–Kier alpha value is -3.15. The third-order valence-corrected chi connectivity index (χ3v) is 4.11. The molecule has 0 spiro atoms. The highest BCUT2D eigenvalue weighted by atomic mass is 19.1. The molecule has 3 rings (SSSR count). The first-order chi connectivity index (χ1) is 12.8. The van der Waals surface area contributed by atoms with E-state index in [0.29, 0.717) is 17.1 Å². The van der Waals surface area contributed by atoms with Gasteiger partial charge >= 0.3 is 0 Å². The van der Waals surface area contributed by atoms with E-state index < -0.39 is 6.10 Å². The molecule has 140 valence electrons. The van der Waals surface area contributed by atoms with E-state index in [-0.39, 0.29) is 24.2 Å². The van der Waals surface area contributed by atoms with Gasteiger partial charge in [-0.15, -0.1) is 0 Å². The number of ether oxygens (including phenoxy) is 1. The number of rotatable bonds is 4. The Morgan fingerprint density at radius 2 is 1.93 bits per heavy atom. The second-order valence-corrected chi connectivity index (χ2v) is 6.70. The predicted molar refractivity (Wildman–Crippen MR) is 102 cm³/mol. The SMILES string of the molecule is CC(C)=CC(=O)Nc1ccc2c(c1)N(Cc1ccc(F)cc1)C(=O)C(C)O2. The Kier molecular flexibility index (Phi) is 5.26. The molecule has 0 saturated carbocycles. The molecule has 2 amide bonds. The number of carbonyl (C=O) groups excluding carboxylic acids is 2. The highest BCUT2D eigenvalue weighted by Crippen LogP contribution is 2.37. The van der Waals surface area contributed by atoms with Crippen LogP contribution in [0.2, 0.25) is 0 Å². The van der Waals surface area contributed by atoms with E-state index in [1.54, 1.807) is 42.2 Å². The summed E-state index contributed by atoms with van der Waals surface area (Å²) < 4.78 is 18.8.